The van der Waals surface area contributed by atoms with Crippen LogP contribution in [-0.4, -0.2) is 72.0 Å². The van der Waals surface area contributed by atoms with Gasteiger partial charge >= 0.3 is 0 Å². The molecule has 0 radical (unpaired) electrons. The van der Waals surface area contributed by atoms with Gasteiger partial charge in [-0.05, 0) is 45.1 Å². The normalized spacial score (nSPS) is 16.3. The van der Waals surface area contributed by atoms with E-state index in [0.717, 1.165) is 56.1 Å². The number of anilines is 3. The molecule has 0 bridgehead atoms. The molecule has 8 heteroatoms. The summed E-state index contributed by atoms with van der Waals surface area (Å²) < 4.78 is 0. The quantitative estimate of drug-likeness (QED) is 0.641. The first-order chi connectivity index (χ1) is 14.9. The Labute approximate surface area is 184 Å². The van der Waals surface area contributed by atoms with Crippen molar-refractivity contribution in [2.75, 3.05) is 50.5 Å². The predicted molar refractivity (Wildman–Crippen MR) is 126 cm³/mol. The fourth-order valence-electron chi connectivity index (χ4n) is 3.69. The maximum absolute atomic E-state index is 11.9. The van der Waals surface area contributed by atoms with Gasteiger partial charge in [-0.1, -0.05) is 24.3 Å². The molecule has 8 nitrogen and oxygen atoms in total. The number of carbonyl (C=O) groups excluding carboxylic acids is 1. The average Bonchev–Trinajstić information content (AvgIpc) is 2.78. The topological polar surface area (TPSA) is 90.6 Å². The fourth-order valence-corrected chi connectivity index (χ4v) is 3.69. The molecule has 31 heavy (non-hydrogen) atoms. The number of benzene rings is 1. The summed E-state index contributed by atoms with van der Waals surface area (Å²) in [5, 5.41) is 3.21. The number of piperidine rings is 1. The molecule has 1 aromatic carbocycles. The Balaban J connectivity index is 1.76. The van der Waals surface area contributed by atoms with Gasteiger partial charge < -0.3 is 20.9 Å². The number of hydrogen-bond donors (Lipinski definition) is 2. The Bertz CT molecular complexity index is 899. The molecule has 3 N–H and O–H groups in total. The summed E-state index contributed by atoms with van der Waals surface area (Å²) in [5.74, 6) is 0.536. The lowest BCUT2D eigenvalue weighted by Crippen LogP contribution is -2.48. The largest absolute Gasteiger partial charge is 0.380 e. The van der Waals surface area contributed by atoms with Crippen LogP contribution in [0.25, 0.3) is 0 Å². The second-order valence-electron chi connectivity index (χ2n) is 8.17. The van der Waals surface area contributed by atoms with Gasteiger partial charge in [-0.15, -0.1) is 0 Å². The van der Waals surface area contributed by atoms with E-state index in [2.05, 4.69) is 38.6 Å². The molecule has 1 saturated heterocycles. The van der Waals surface area contributed by atoms with Gasteiger partial charge in [0.25, 0.3) is 5.91 Å². The fraction of sp³-hybridized carbons (Fsp3) is 0.435. The van der Waals surface area contributed by atoms with Crippen LogP contribution in [0.1, 0.15) is 28.9 Å². The summed E-state index contributed by atoms with van der Waals surface area (Å²) in [5.41, 5.74) is 7.67. The van der Waals surface area contributed by atoms with E-state index in [4.69, 9.17) is 10.7 Å². The molecule has 0 spiro atoms. The Morgan fingerprint density at radius 1 is 1.32 bits per heavy atom. The van der Waals surface area contributed by atoms with Crippen LogP contribution in [-0.2, 0) is 0 Å². The van der Waals surface area contributed by atoms with Crippen molar-refractivity contribution in [1.82, 2.24) is 19.8 Å². The van der Waals surface area contributed by atoms with Gasteiger partial charge in [-0.3, -0.25) is 9.69 Å². The molecule has 1 fully saturated rings. The highest BCUT2D eigenvalue weighted by atomic mass is 16.1. The van der Waals surface area contributed by atoms with E-state index >= 15 is 0 Å². The number of nitrogens with two attached hydrogens (primary N) is 1. The molecule has 1 unspecified atom stereocenters. The highest BCUT2D eigenvalue weighted by Crippen LogP contribution is 2.24. The number of nitrogens with one attached hydrogen (secondary N) is 1. The lowest BCUT2D eigenvalue weighted by Gasteiger charge is -2.38. The molecule has 2 aromatic rings. The number of aryl methyl sites for hydroxylation is 1. The van der Waals surface area contributed by atoms with E-state index in [9.17, 15) is 4.79 Å². The molecular formula is C23H33N7O. The number of aromatic nitrogens is 2. The number of rotatable bonds is 9. The second kappa shape index (κ2) is 10.3. The van der Waals surface area contributed by atoms with Crippen molar-refractivity contribution in [2.45, 2.75) is 25.8 Å². The highest BCUT2D eigenvalue weighted by molar-refractivity contribution is 5.96. The van der Waals surface area contributed by atoms with Crippen LogP contribution < -0.4 is 16.0 Å². The maximum atomic E-state index is 11.9. The Kier molecular flexibility index (Phi) is 7.46. The molecule has 166 valence electrons. The number of hydrogen-bond acceptors (Lipinski definition) is 7. The van der Waals surface area contributed by atoms with Crippen LogP contribution in [0.4, 0.5) is 17.3 Å². The zero-order valence-corrected chi connectivity index (χ0v) is 18.7. The van der Waals surface area contributed by atoms with Crippen molar-refractivity contribution in [1.29, 1.82) is 0 Å². The maximum Gasteiger partial charge on any atom is 0.271 e. The first kappa shape index (κ1) is 22.6. The van der Waals surface area contributed by atoms with Gasteiger partial charge in [-0.2, -0.15) is 0 Å². The lowest BCUT2D eigenvalue weighted by atomic mass is 10.0. The molecule has 1 atom stereocenters. The van der Waals surface area contributed by atoms with Gasteiger partial charge in [0.2, 0.25) is 0 Å². The van der Waals surface area contributed by atoms with E-state index in [1.54, 1.807) is 6.20 Å². The smallest absolute Gasteiger partial charge is 0.271 e. The molecule has 1 aromatic heterocycles. The number of nitrogens with zero attached hydrogens (tertiary/aromatic N) is 5. The standard InChI is InChI=1S/C23H33N7O/c1-5-28(3)13-14-29(4)19-7-6-12-30(16-19)20-15-25-21(22(24)31)23(27-20)26-18-10-8-17(2)9-11-18/h5,8-11,15,19H,1,6-7,12-14,16H2,2-4H3,(H2,24,31)(H,26,27). The van der Waals surface area contributed by atoms with Crippen molar-refractivity contribution in [3.05, 3.63) is 54.5 Å². The summed E-state index contributed by atoms with van der Waals surface area (Å²) >= 11 is 0. The van der Waals surface area contributed by atoms with E-state index < -0.39 is 5.91 Å². The summed E-state index contributed by atoms with van der Waals surface area (Å²) in [6.07, 6.45) is 5.71. The van der Waals surface area contributed by atoms with E-state index in [-0.39, 0.29) is 5.69 Å². The first-order valence-corrected chi connectivity index (χ1v) is 10.7. The molecule has 1 amide bonds. The van der Waals surface area contributed by atoms with E-state index in [0.29, 0.717) is 11.9 Å². The van der Waals surface area contributed by atoms with Gasteiger partial charge in [0, 0.05) is 45.0 Å². The molecule has 1 aliphatic heterocycles. The average molecular weight is 424 g/mol. The monoisotopic (exact) mass is 423 g/mol. The third-order valence-electron chi connectivity index (χ3n) is 5.77. The molecule has 0 aliphatic carbocycles. The van der Waals surface area contributed by atoms with Crippen molar-refractivity contribution in [3.63, 3.8) is 0 Å². The summed E-state index contributed by atoms with van der Waals surface area (Å²) in [7, 11) is 4.20. The van der Waals surface area contributed by atoms with Crippen LogP contribution in [0.5, 0.6) is 0 Å². The molecular weight excluding hydrogens is 390 g/mol. The summed E-state index contributed by atoms with van der Waals surface area (Å²) in [6.45, 7) is 9.51. The minimum Gasteiger partial charge on any atom is -0.380 e. The third kappa shape index (κ3) is 5.95. The first-order valence-electron chi connectivity index (χ1n) is 10.7. The van der Waals surface area contributed by atoms with E-state index in [1.165, 1.54) is 0 Å². The second-order valence-corrected chi connectivity index (χ2v) is 8.17. The zero-order valence-electron chi connectivity index (χ0n) is 18.7. The predicted octanol–water partition coefficient (Wildman–Crippen LogP) is 2.60. The molecule has 1 aliphatic rings. The Morgan fingerprint density at radius 3 is 2.74 bits per heavy atom. The van der Waals surface area contributed by atoms with Gasteiger partial charge in [0.05, 0.1) is 6.20 Å². The minimum absolute atomic E-state index is 0.141. The van der Waals surface area contributed by atoms with Crippen molar-refractivity contribution < 1.29 is 4.79 Å². The van der Waals surface area contributed by atoms with Gasteiger partial charge in [0.15, 0.2) is 11.5 Å². The van der Waals surface area contributed by atoms with Crippen molar-refractivity contribution in [2.24, 2.45) is 5.73 Å². The number of carbonyl (C=O) groups is 1. The Hall–Kier alpha value is -3.13. The minimum atomic E-state index is -0.601. The SMILES string of the molecule is C=CN(C)CCN(C)C1CCCN(c2cnc(C(N)=O)c(Nc3ccc(C)cc3)n2)C1. The van der Waals surface area contributed by atoms with Crippen molar-refractivity contribution >= 4 is 23.2 Å². The number of likely N-dealkylation sites (N-methyl/N-ethyl adjacent to an activating group) is 2. The summed E-state index contributed by atoms with van der Waals surface area (Å²) in [4.78, 5) is 27.7. The van der Waals surface area contributed by atoms with Crippen molar-refractivity contribution in [3.8, 4) is 0 Å². The van der Waals surface area contributed by atoms with Crippen LogP contribution in [0.15, 0.2) is 43.2 Å². The lowest BCUT2D eigenvalue weighted by molar-refractivity contribution is 0.0996. The van der Waals surface area contributed by atoms with Crippen LogP contribution >= 0.6 is 0 Å². The zero-order chi connectivity index (χ0) is 22.4. The van der Waals surface area contributed by atoms with Gasteiger partial charge in [-0.25, -0.2) is 9.97 Å². The van der Waals surface area contributed by atoms with E-state index in [1.807, 2.05) is 44.4 Å². The number of primary amides is 1. The third-order valence-corrected chi connectivity index (χ3v) is 5.77. The Morgan fingerprint density at radius 2 is 2.06 bits per heavy atom. The summed E-state index contributed by atoms with van der Waals surface area (Å²) in [6, 6.07) is 8.32. The van der Waals surface area contributed by atoms with Crippen LogP contribution in [0, 0.1) is 6.92 Å². The number of amides is 1. The van der Waals surface area contributed by atoms with Crippen LogP contribution in [0.2, 0.25) is 0 Å². The molecule has 3 rings (SSSR count). The molecule has 0 saturated carbocycles. The highest BCUT2D eigenvalue weighted by Gasteiger charge is 2.25. The molecule has 2 heterocycles. The van der Waals surface area contributed by atoms with Gasteiger partial charge in [0.1, 0.15) is 5.82 Å². The van der Waals surface area contributed by atoms with Crippen LogP contribution in [0.3, 0.4) is 0 Å².